The second-order valence-electron chi connectivity index (χ2n) is 1.31. The van der Waals surface area contributed by atoms with E-state index in [-0.39, 0.29) is 0 Å². The first-order valence-electron chi connectivity index (χ1n) is 2.11. The van der Waals surface area contributed by atoms with Crippen LogP contribution < -0.4 is 5.32 Å². The van der Waals surface area contributed by atoms with Crippen molar-refractivity contribution in [1.29, 1.82) is 0 Å². The zero-order valence-electron chi connectivity index (χ0n) is 4.36. The first-order valence-corrected chi connectivity index (χ1v) is 2.11. The lowest BCUT2D eigenvalue weighted by Crippen LogP contribution is -2.17. The first kappa shape index (κ1) is 5.70. The van der Waals surface area contributed by atoms with Gasteiger partial charge in [-0.3, -0.25) is 0 Å². The van der Waals surface area contributed by atoms with E-state index in [1.54, 1.807) is 0 Å². The molecule has 1 nitrogen and oxygen atoms in total. The Labute approximate surface area is 39.1 Å². The van der Waals surface area contributed by atoms with Gasteiger partial charge in [-0.05, 0) is 14.0 Å². The molecule has 1 N–H and O–H groups in total. The fourth-order valence-corrected chi connectivity index (χ4v) is 0.118. The van der Waals surface area contributed by atoms with Gasteiger partial charge in [0.2, 0.25) is 0 Å². The van der Waals surface area contributed by atoms with Crippen molar-refractivity contribution in [3.63, 3.8) is 0 Å². The summed E-state index contributed by atoms with van der Waals surface area (Å²) in [5, 5.41) is 3.00. The molecule has 0 aromatic carbocycles. The van der Waals surface area contributed by atoms with Crippen LogP contribution in [0.4, 0.5) is 0 Å². The van der Waals surface area contributed by atoms with E-state index in [1.807, 2.05) is 20.0 Å². The van der Waals surface area contributed by atoms with E-state index in [0.29, 0.717) is 6.04 Å². The SMILES string of the molecule is C=C[C@H](C)NC. The van der Waals surface area contributed by atoms with Crippen LogP contribution >= 0.6 is 0 Å². The van der Waals surface area contributed by atoms with Crippen LogP contribution in [0, 0.1) is 0 Å². The monoisotopic (exact) mass is 85.1 g/mol. The van der Waals surface area contributed by atoms with E-state index in [2.05, 4.69) is 11.9 Å². The predicted octanol–water partition coefficient (Wildman–Crippen LogP) is 0.780. The molecule has 0 spiro atoms. The molecule has 0 aliphatic carbocycles. The van der Waals surface area contributed by atoms with Crippen LogP contribution in [0.5, 0.6) is 0 Å². The Morgan fingerprint density at radius 2 is 2.33 bits per heavy atom. The Balaban J connectivity index is 2.96. The molecule has 0 aliphatic rings. The van der Waals surface area contributed by atoms with Gasteiger partial charge < -0.3 is 5.32 Å². The molecule has 0 radical (unpaired) electrons. The predicted molar refractivity (Wildman–Crippen MR) is 28.7 cm³/mol. The third-order valence-corrected chi connectivity index (χ3v) is 0.809. The van der Waals surface area contributed by atoms with Gasteiger partial charge in [-0.1, -0.05) is 6.08 Å². The summed E-state index contributed by atoms with van der Waals surface area (Å²) < 4.78 is 0. The summed E-state index contributed by atoms with van der Waals surface area (Å²) in [5.74, 6) is 0. The Morgan fingerprint density at radius 1 is 1.83 bits per heavy atom. The summed E-state index contributed by atoms with van der Waals surface area (Å²) >= 11 is 0. The Morgan fingerprint density at radius 3 is 2.33 bits per heavy atom. The van der Waals surface area contributed by atoms with E-state index in [9.17, 15) is 0 Å². The van der Waals surface area contributed by atoms with E-state index in [4.69, 9.17) is 0 Å². The molecular formula is C5H11N. The van der Waals surface area contributed by atoms with Gasteiger partial charge in [0.05, 0.1) is 0 Å². The smallest absolute Gasteiger partial charge is 0.0216 e. The lowest BCUT2D eigenvalue weighted by Gasteiger charge is -1.98. The molecular weight excluding hydrogens is 74.1 g/mol. The maximum absolute atomic E-state index is 3.57. The van der Waals surface area contributed by atoms with Crippen LogP contribution in [0.2, 0.25) is 0 Å². The number of hydrogen-bond donors (Lipinski definition) is 1. The topological polar surface area (TPSA) is 12.0 Å². The standard InChI is InChI=1S/C5H11N/c1-4-5(2)6-3/h4-6H,1H2,2-3H3/t5-/m0/s1. The van der Waals surface area contributed by atoms with Crippen LogP contribution in [0.25, 0.3) is 0 Å². The maximum atomic E-state index is 3.57. The first-order chi connectivity index (χ1) is 2.81. The Bertz CT molecular complexity index is 41.2. The zero-order valence-corrected chi connectivity index (χ0v) is 4.36. The van der Waals surface area contributed by atoms with Gasteiger partial charge in [0.25, 0.3) is 0 Å². The molecule has 0 aliphatic heterocycles. The zero-order chi connectivity index (χ0) is 4.99. The molecule has 0 fully saturated rings. The molecule has 0 aromatic rings. The van der Waals surface area contributed by atoms with Crippen LogP contribution in [-0.2, 0) is 0 Å². The molecule has 1 heteroatoms. The highest BCUT2D eigenvalue weighted by molar-refractivity contribution is 4.79. The molecule has 0 saturated heterocycles. The quantitative estimate of drug-likeness (QED) is 0.488. The van der Waals surface area contributed by atoms with Gasteiger partial charge in [-0.25, -0.2) is 0 Å². The molecule has 0 amide bonds. The molecule has 0 aromatic heterocycles. The van der Waals surface area contributed by atoms with Gasteiger partial charge in [-0.2, -0.15) is 0 Å². The minimum absolute atomic E-state index is 0.449. The Hall–Kier alpha value is -0.300. The van der Waals surface area contributed by atoms with Crippen molar-refractivity contribution in [2.75, 3.05) is 7.05 Å². The van der Waals surface area contributed by atoms with Crippen molar-refractivity contribution in [2.24, 2.45) is 0 Å². The van der Waals surface area contributed by atoms with Gasteiger partial charge in [0.1, 0.15) is 0 Å². The lowest BCUT2D eigenvalue weighted by atomic mass is 10.3. The largest absolute Gasteiger partial charge is 0.314 e. The fourth-order valence-electron chi connectivity index (χ4n) is 0.118. The van der Waals surface area contributed by atoms with E-state index in [0.717, 1.165) is 0 Å². The van der Waals surface area contributed by atoms with Crippen molar-refractivity contribution in [3.05, 3.63) is 12.7 Å². The highest BCUT2D eigenvalue weighted by Crippen LogP contribution is 1.74. The number of nitrogens with one attached hydrogen (secondary N) is 1. The van der Waals surface area contributed by atoms with Crippen molar-refractivity contribution in [3.8, 4) is 0 Å². The van der Waals surface area contributed by atoms with Gasteiger partial charge >= 0.3 is 0 Å². The molecule has 0 saturated carbocycles. The van der Waals surface area contributed by atoms with Crippen molar-refractivity contribution < 1.29 is 0 Å². The van der Waals surface area contributed by atoms with Crippen LogP contribution in [0.1, 0.15) is 6.92 Å². The average Bonchev–Trinajstić information content (AvgIpc) is 1.65. The summed E-state index contributed by atoms with van der Waals surface area (Å²) in [5.41, 5.74) is 0. The maximum Gasteiger partial charge on any atom is 0.0216 e. The number of rotatable bonds is 2. The number of likely N-dealkylation sites (N-methyl/N-ethyl adjacent to an activating group) is 1. The molecule has 0 bridgehead atoms. The van der Waals surface area contributed by atoms with Crippen molar-refractivity contribution in [1.82, 2.24) is 5.32 Å². The number of hydrogen-bond acceptors (Lipinski definition) is 1. The molecule has 36 valence electrons. The van der Waals surface area contributed by atoms with E-state index >= 15 is 0 Å². The summed E-state index contributed by atoms with van der Waals surface area (Å²) in [4.78, 5) is 0. The molecule has 6 heavy (non-hydrogen) atoms. The van der Waals surface area contributed by atoms with Crippen LogP contribution in [-0.4, -0.2) is 13.1 Å². The average molecular weight is 85.1 g/mol. The molecule has 0 unspecified atom stereocenters. The molecule has 1 atom stereocenters. The van der Waals surface area contributed by atoms with E-state index in [1.165, 1.54) is 0 Å². The highest BCUT2D eigenvalue weighted by Gasteiger charge is 1.81. The summed E-state index contributed by atoms with van der Waals surface area (Å²) in [6, 6.07) is 0.449. The second-order valence-corrected chi connectivity index (χ2v) is 1.31. The minimum Gasteiger partial charge on any atom is -0.314 e. The third kappa shape index (κ3) is 1.97. The summed E-state index contributed by atoms with van der Waals surface area (Å²) in [6.45, 7) is 5.62. The fraction of sp³-hybridized carbons (Fsp3) is 0.600. The lowest BCUT2D eigenvalue weighted by molar-refractivity contribution is 0.730. The molecule has 0 rings (SSSR count). The van der Waals surface area contributed by atoms with Crippen LogP contribution in [0.15, 0.2) is 12.7 Å². The van der Waals surface area contributed by atoms with E-state index < -0.39 is 0 Å². The van der Waals surface area contributed by atoms with Crippen molar-refractivity contribution >= 4 is 0 Å². The van der Waals surface area contributed by atoms with Crippen molar-refractivity contribution in [2.45, 2.75) is 13.0 Å². The van der Waals surface area contributed by atoms with Gasteiger partial charge in [0.15, 0.2) is 0 Å². The summed E-state index contributed by atoms with van der Waals surface area (Å²) in [6.07, 6.45) is 1.86. The van der Waals surface area contributed by atoms with Gasteiger partial charge in [-0.15, -0.1) is 6.58 Å². The second kappa shape index (κ2) is 2.91. The Kier molecular flexibility index (Phi) is 2.77. The normalized spacial score (nSPS) is 13.7. The third-order valence-electron chi connectivity index (χ3n) is 0.809. The molecule has 0 heterocycles. The van der Waals surface area contributed by atoms with Gasteiger partial charge in [0, 0.05) is 6.04 Å². The summed E-state index contributed by atoms with van der Waals surface area (Å²) in [7, 11) is 1.91. The van der Waals surface area contributed by atoms with Crippen LogP contribution in [0.3, 0.4) is 0 Å². The highest BCUT2D eigenvalue weighted by atomic mass is 14.8. The minimum atomic E-state index is 0.449.